The van der Waals surface area contributed by atoms with Crippen molar-refractivity contribution in [1.82, 2.24) is 0 Å². The van der Waals surface area contributed by atoms with Gasteiger partial charge in [-0.2, -0.15) is 0 Å². The lowest BCUT2D eigenvalue weighted by molar-refractivity contribution is 0.0314. The van der Waals surface area contributed by atoms with E-state index in [9.17, 15) is 14.0 Å². The van der Waals surface area contributed by atoms with Crippen LogP contribution in [0.15, 0.2) is 46.9 Å². The normalized spacial score (nSPS) is 11.8. The van der Waals surface area contributed by atoms with Crippen LogP contribution in [0.1, 0.15) is 27.6 Å². The zero-order valence-corrected chi connectivity index (χ0v) is 13.8. The maximum atomic E-state index is 13.6. The molecule has 0 aliphatic heterocycles. The molecule has 22 heavy (non-hydrogen) atoms. The van der Waals surface area contributed by atoms with Crippen LogP contribution in [0, 0.1) is 5.82 Å². The number of hydrogen-bond acceptors (Lipinski definition) is 3. The number of halogens is 3. The van der Waals surface area contributed by atoms with Gasteiger partial charge in [0.25, 0.3) is 0 Å². The van der Waals surface area contributed by atoms with Gasteiger partial charge in [-0.15, -0.1) is 0 Å². The number of benzene rings is 2. The van der Waals surface area contributed by atoms with Crippen LogP contribution in [0.3, 0.4) is 0 Å². The second kappa shape index (κ2) is 7.03. The number of Topliss-reactive ketones (excluding diaryl/α,β-unsaturated/α-hetero) is 1. The van der Waals surface area contributed by atoms with Crippen LogP contribution in [0.4, 0.5) is 4.39 Å². The van der Waals surface area contributed by atoms with Crippen LogP contribution >= 0.6 is 27.5 Å². The zero-order chi connectivity index (χ0) is 16.3. The van der Waals surface area contributed by atoms with Crippen LogP contribution in [-0.2, 0) is 4.74 Å². The van der Waals surface area contributed by atoms with Crippen molar-refractivity contribution >= 4 is 39.3 Å². The summed E-state index contributed by atoms with van der Waals surface area (Å²) >= 11 is 9.06. The van der Waals surface area contributed by atoms with Crippen molar-refractivity contribution in [3.8, 4) is 0 Å². The third-order valence-corrected chi connectivity index (χ3v) is 3.79. The van der Waals surface area contributed by atoms with Crippen molar-refractivity contribution in [3.05, 3.63) is 68.9 Å². The Morgan fingerprint density at radius 2 is 1.82 bits per heavy atom. The van der Waals surface area contributed by atoms with E-state index in [0.29, 0.717) is 5.56 Å². The highest BCUT2D eigenvalue weighted by Gasteiger charge is 2.23. The highest BCUT2D eigenvalue weighted by atomic mass is 79.9. The molecule has 0 radical (unpaired) electrons. The first-order chi connectivity index (χ1) is 10.4. The van der Waals surface area contributed by atoms with Crippen LogP contribution in [0.5, 0.6) is 0 Å². The Morgan fingerprint density at radius 3 is 2.41 bits per heavy atom. The molecule has 0 N–H and O–H groups in total. The Morgan fingerprint density at radius 1 is 1.18 bits per heavy atom. The minimum absolute atomic E-state index is 0.0618. The monoisotopic (exact) mass is 384 g/mol. The molecule has 0 fully saturated rings. The molecule has 114 valence electrons. The molecular weight excluding hydrogens is 375 g/mol. The van der Waals surface area contributed by atoms with Crippen molar-refractivity contribution in [2.24, 2.45) is 0 Å². The third kappa shape index (κ3) is 3.72. The number of ketones is 1. The molecule has 0 aliphatic carbocycles. The number of rotatable bonds is 4. The number of carbonyl (C=O) groups is 2. The molecule has 3 nitrogen and oxygen atoms in total. The van der Waals surface area contributed by atoms with E-state index >= 15 is 0 Å². The highest BCUT2D eigenvalue weighted by molar-refractivity contribution is 9.10. The van der Waals surface area contributed by atoms with E-state index in [-0.39, 0.29) is 16.4 Å². The predicted molar refractivity (Wildman–Crippen MR) is 84.8 cm³/mol. The smallest absolute Gasteiger partial charge is 0.343 e. The first-order valence-corrected chi connectivity index (χ1v) is 7.52. The standard InChI is InChI=1S/C16H11BrClFO3/c1-9(15(20)10-5-7-11(17)8-6-10)22-16(21)14-12(18)3-2-4-13(14)19/h2-9H,1H3. The van der Waals surface area contributed by atoms with Gasteiger partial charge in [-0.05, 0) is 31.2 Å². The molecule has 6 heteroatoms. The van der Waals surface area contributed by atoms with Gasteiger partial charge in [-0.3, -0.25) is 4.79 Å². The van der Waals surface area contributed by atoms with E-state index in [0.717, 1.165) is 10.5 Å². The van der Waals surface area contributed by atoms with Crippen LogP contribution in [0.25, 0.3) is 0 Å². The van der Waals surface area contributed by atoms with Crippen LogP contribution in [-0.4, -0.2) is 17.9 Å². The summed E-state index contributed by atoms with van der Waals surface area (Å²) < 4.78 is 19.5. The summed E-state index contributed by atoms with van der Waals surface area (Å²) in [6.07, 6.45) is -1.05. The summed E-state index contributed by atoms with van der Waals surface area (Å²) in [4.78, 5) is 24.2. The number of ether oxygens (including phenoxy) is 1. The second-order valence-electron chi connectivity index (χ2n) is 4.52. The van der Waals surface area contributed by atoms with Crippen molar-refractivity contribution in [3.63, 3.8) is 0 Å². The van der Waals surface area contributed by atoms with Gasteiger partial charge in [0, 0.05) is 10.0 Å². The lowest BCUT2D eigenvalue weighted by Gasteiger charge is -2.13. The van der Waals surface area contributed by atoms with E-state index in [2.05, 4.69) is 15.9 Å². The average molecular weight is 386 g/mol. The molecule has 0 amide bonds. The number of carbonyl (C=O) groups excluding carboxylic acids is 2. The van der Waals surface area contributed by atoms with Crippen molar-refractivity contribution < 1.29 is 18.7 Å². The van der Waals surface area contributed by atoms with Gasteiger partial charge < -0.3 is 4.74 Å². The van der Waals surface area contributed by atoms with E-state index in [1.165, 1.54) is 19.1 Å². The molecule has 0 aliphatic rings. The first-order valence-electron chi connectivity index (χ1n) is 6.35. The minimum atomic E-state index is -1.05. The lowest BCUT2D eigenvalue weighted by Crippen LogP contribution is -2.25. The Balaban J connectivity index is 2.14. The van der Waals surface area contributed by atoms with Gasteiger partial charge >= 0.3 is 5.97 Å². The summed E-state index contributed by atoms with van der Waals surface area (Å²) in [7, 11) is 0. The molecule has 2 aromatic rings. The predicted octanol–water partition coefficient (Wildman–Crippen LogP) is 4.67. The molecule has 2 rings (SSSR count). The van der Waals surface area contributed by atoms with Gasteiger partial charge in [0.2, 0.25) is 5.78 Å². The summed E-state index contributed by atoms with van der Waals surface area (Å²) in [5, 5.41) is -0.0618. The average Bonchev–Trinajstić information content (AvgIpc) is 2.47. The molecule has 0 saturated heterocycles. The molecule has 0 spiro atoms. The fourth-order valence-electron chi connectivity index (χ4n) is 1.81. The molecular formula is C16H11BrClFO3. The second-order valence-corrected chi connectivity index (χ2v) is 5.84. The van der Waals surface area contributed by atoms with Gasteiger partial charge in [-0.25, -0.2) is 9.18 Å². The fourth-order valence-corrected chi connectivity index (χ4v) is 2.32. The molecule has 0 saturated carbocycles. The van der Waals surface area contributed by atoms with Crippen molar-refractivity contribution in [2.75, 3.05) is 0 Å². The Labute approximate surface area is 140 Å². The van der Waals surface area contributed by atoms with Gasteiger partial charge in [0.15, 0.2) is 6.10 Å². The fraction of sp³-hybridized carbons (Fsp3) is 0.125. The molecule has 1 atom stereocenters. The summed E-state index contributed by atoms with van der Waals surface area (Å²) in [6.45, 7) is 1.43. The lowest BCUT2D eigenvalue weighted by atomic mass is 10.1. The summed E-state index contributed by atoms with van der Waals surface area (Å²) in [5.41, 5.74) is 0.0164. The van der Waals surface area contributed by atoms with Crippen LogP contribution in [0.2, 0.25) is 5.02 Å². The SMILES string of the molecule is CC(OC(=O)c1c(F)cccc1Cl)C(=O)c1ccc(Br)cc1. The Bertz CT molecular complexity index is 696. The molecule has 0 aromatic heterocycles. The van der Waals surface area contributed by atoms with E-state index in [4.69, 9.17) is 16.3 Å². The van der Waals surface area contributed by atoms with Crippen molar-refractivity contribution in [2.45, 2.75) is 13.0 Å². The van der Waals surface area contributed by atoms with Gasteiger partial charge in [0.1, 0.15) is 11.4 Å². The maximum Gasteiger partial charge on any atom is 0.343 e. The molecule has 0 heterocycles. The largest absolute Gasteiger partial charge is 0.451 e. The number of esters is 1. The topological polar surface area (TPSA) is 43.4 Å². The molecule has 1 unspecified atom stereocenters. The summed E-state index contributed by atoms with van der Waals surface area (Å²) in [6, 6.07) is 10.5. The van der Waals surface area contributed by atoms with E-state index < -0.39 is 17.9 Å². The molecule has 0 bridgehead atoms. The quantitative estimate of drug-likeness (QED) is 0.567. The maximum absolute atomic E-state index is 13.6. The zero-order valence-electron chi connectivity index (χ0n) is 11.5. The van der Waals surface area contributed by atoms with E-state index in [1.807, 2.05) is 0 Å². The van der Waals surface area contributed by atoms with Gasteiger partial charge in [0.05, 0.1) is 5.02 Å². The van der Waals surface area contributed by atoms with Crippen LogP contribution < -0.4 is 0 Å². The Kier molecular flexibility index (Phi) is 5.32. The van der Waals surface area contributed by atoms with Crippen molar-refractivity contribution in [1.29, 1.82) is 0 Å². The number of hydrogen-bond donors (Lipinski definition) is 0. The molecule has 2 aromatic carbocycles. The first kappa shape index (κ1) is 16.6. The van der Waals surface area contributed by atoms with E-state index in [1.54, 1.807) is 24.3 Å². The minimum Gasteiger partial charge on any atom is -0.451 e. The summed E-state index contributed by atoms with van der Waals surface area (Å²) in [5.74, 6) is -2.14. The highest BCUT2D eigenvalue weighted by Crippen LogP contribution is 2.21. The van der Waals surface area contributed by atoms with Gasteiger partial charge in [-0.1, -0.05) is 45.7 Å². The Hall–Kier alpha value is -1.72. The third-order valence-electron chi connectivity index (χ3n) is 2.95.